The predicted molar refractivity (Wildman–Crippen MR) is 82.1 cm³/mol. The Bertz CT molecular complexity index is 616. The average Bonchev–Trinajstić information content (AvgIpc) is 2.79. The molecule has 1 heterocycles. The van der Waals surface area contributed by atoms with Crippen molar-refractivity contribution in [3.8, 4) is 0 Å². The number of benzene rings is 1. The summed E-state index contributed by atoms with van der Waals surface area (Å²) < 4.78 is 0. The lowest BCUT2D eigenvalue weighted by atomic mass is 10.1. The minimum Gasteiger partial charge on any atom is -0.481 e. The average molecular weight is 331 g/mol. The molecule has 2 rings (SSSR count). The highest BCUT2D eigenvalue weighted by Gasteiger charge is 2.06. The molecule has 0 unspecified atom stereocenters. The highest BCUT2D eigenvalue weighted by Crippen LogP contribution is 2.22. The molecule has 0 aliphatic rings. The summed E-state index contributed by atoms with van der Waals surface area (Å²) in [5.74, 6) is -0.880. The number of thiazole rings is 1. The predicted octanol–water partition coefficient (Wildman–Crippen LogP) is 3.73. The number of carboxylic acid groups (broad SMARTS) is 1. The number of rotatable bonds is 6. The third-order valence-electron chi connectivity index (χ3n) is 2.57. The van der Waals surface area contributed by atoms with Crippen molar-refractivity contribution in [1.82, 2.24) is 4.98 Å². The van der Waals surface area contributed by atoms with Gasteiger partial charge in [0.1, 0.15) is 0 Å². The molecule has 0 amide bonds. The van der Waals surface area contributed by atoms with Crippen LogP contribution in [0.25, 0.3) is 0 Å². The van der Waals surface area contributed by atoms with Crippen LogP contribution in [0.3, 0.4) is 0 Å². The fourth-order valence-electron chi connectivity index (χ4n) is 1.65. The minimum absolute atomic E-state index is 0.0544. The van der Waals surface area contributed by atoms with Crippen LogP contribution < -0.4 is 5.32 Å². The van der Waals surface area contributed by atoms with Crippen LogP contribution >= 0.6 is 34.5 Å². The van der Waals surface area contributed by atoms with Gasteiger partial charge in [-0.1, -0.05) is 29.3 Å². The largest absolute Gasteiger partial charge is 0.481 e. The molecule has 2 N–H and O–H groups in total. The first kappa shape index (κ1) is 15.1. The summed E-state index contributed by atoms with van der Waals surface area (Å²) in [4.78, 5) is 14.8. The first-order chi connectivity index (χ1) is 9.54. The van der Waals surface area contributed by atoms with Gasteiger partial charge < -0.3 is 10.4 Å². The van der Waals surface area contributed by atoms with E-state index in [4.69, 9.17) is 28.3 Å². The number of nitrogens with one attached hydrogen (secondary N) is 1. The van der Waals surface area contributed by atoms with Crippen LogP contribution in [-0.2, 0) is 17.6 Å². The number of anilines is 1. The third kappa shape index (κ3) is 4.37. The summed E-state index contributed by atoms with van der Waals surface area (Å²) in [7, 11) is 0. The maximum absolute atomic E-state index is 10.6. The summed E-state index contributed by atoms with van der Waals surface area (Å²) in [6.45, 7) is 0.668. The van der Waals surface area contributed by atoms with Crippen LogP contribution in [-0.4, -0.2) is 22.6 Å². The van der Waals surface area contributed by atoms with Crippen molar-refractivity contribution in [2.75, 3.05) is 11.9 Å². The lowest BCUT2D eigenvalue weighted by Crippen LogP contribution is -2.05. The van der Waals surface area contributed by atoms with Crippen molar-refractivity contribution < 1.29 is 9.90 Å². The molecule has 0 atom stereocenters. The SMILES string of the molecule is O=C(O)Cc1csc(NCCc2ccc(Cl)cc2Cl)n1. The second-order valence-electron chi connectivity index (χ2n) is 4.13. The molecule has 0 spiro atoms. The molecule has 2 aromatic rings. The van der Waals surface area contributed by atoms with E-state index < -0.39 is 5.97 Å². The molecule has 0 radical (unpaired) electrons. The Labute approximate surface area is 130 Å². The first-order valence-corrected chi connectivity index (χ1v) is 7.52. The van der Waals surface area contributed by atoms with E-state index in [2.05, 4.69) is 10.3 Å². The van der Waals surface area contributed by atoms with Gasteiger partial charge in [0, 0.05) is 22.0 Å². The summed E-state index contributed by atoms with van der Waals surface area (Å²) in [6, 6.07) is 5.41. The van der Waals surface area contributed by atoms with Gasteiger partial charge in [-0.05, 0) is 24.1 Å². The van der Waals surface area contributed by atoms with Crippen LogP contribution in [0.1, 0.15) is 11.3 Å². The monoisotopic (exact) mass is 330 g/mol. The highest BCUT2D eigenvalue weighted by atomic mass is 35.5. The number of carbonyl (C=O) groups is 1. The van der Waals surface area contributed by atoms with E-state index >= 15 is 0 Å². The molecule has 0 fully saturated rings. The molecule has 0 aliphatic carbocycles. The van der Waals surface area contributed by atoms with Gasteiger partial charge in [-0.3, -0.25) is 4.79 Å². The van der Waals surface area contributed by atoms with Crippen LogP contribution in [0.2, 0.25) is 10.0 Å². The number of hydrogen-bond acceptors (Lipinski definition) is 4. The van der Waals surface area contributed by atoms with Crippen LogP contribution in [0.15, 0.2) is 23.6 Å². The zero-order valence-electron chi connectivity index (χ0n) is 10.4. The summed E-state index contributed by atoms with van der Waals surface area (Å²) in [6.07, 6.45) is 0.686. The lowest BCUT2D eigenvalue weighted by Gasteiger charge is -2.05. The van der Waals surface area contributed by atoms with Crippen molar-refractivity contribution in [2.24, 2.45) is 0 Å². The van der Waals surface area contributed by atoms with E-state index in [-0.39, 0.29) is 6.42 Å². The summed E-state index contributed by atoms with van der Waals surface area (Å²) >= 11 is 13.3. The maximum atomic E-state index is 10.6. The normalized spacial score (nSPS) is 10.5. The maximum Gasteiger partial charge on any atom is 0.309 e. The van der Waals surface area contributed by atoms with Crippen LogP contribution in [0.5, 0.6) is 0 Å². The Morgan fingerprint density at radius 2 is 2.20 bits per heavy atom. The van der Waals surface area contributed by atoms with Gasteiger partial charge in [-0.2, -0.15) is 0 Å². The van der Waals surface area contributed by atoms with Gasteiger partial charge in [0.05, 0.1) is 12.1 Å². The van der Waals surface area contributed by atoms with E-state index in [1.54, 1.807) is 17.5 Å². The van der Waals surface area contributed by atoms with Crippen molar-refractivity contribution in [1.29, 1.82) is 0 Å². The second kappa shape index (κ2) is 6.92. The molecule has 0 saturated heterocycles. The quantitative estimate of drug-likeness (QED) is 0.847. The van der Waals surface area contributed by atoms with E-state index in [1.165, 1.54) is 11.3 Å². The Kier molecular flexibility index (Phi) is 5.23. The molecule has 0 saturated carbocycles. The molecule has 4 nitrogen and oxygen atoms in total. The van der Waals surface area contributed by atoms with Crippen molar-refractivity contribution in [3.05, 3.63) is 44.9 Å². The molecule has 0 bridgehead atoms. The number of carboxylic acids is 1. The molecule has 0 aliphatic heterocycles. The number of aliphatic carboxylic acids is 1. The van der Waals surface area contributed by atoms with E-state index in [9.17, 15) is 4.79 Å². The zero-order chi connectivity index (χ0) is 14.5. The number of aromatic nitrogens is 1. The first-order valence-electron chi connectivity index (χ1n) is 5.88. The Balaban J connectivity index is 1.86. The van der Waals surface area contributed by atoms with Gasteiger partial charge in [0.15, 0.2) is 5.13 Å². The Morgan fingerprint density at radius 1 is 1.40 bits per heavy atom. The lowest BCUT2D eigenvalue weighted by molar-refractivity contribution is -0.136. The van der Waals surface area contributed by atoms with Gasteiger partial charge in [-0.15, -0.1) is 11.3 Å². The topological polar surface area (TPSA) is 62.2 Å². The van der Waals surface area contributed by atoms with Gasteiger partial charge in [0.2, 0.25) is 0 Å². The minimum atomic E-state index is -0.880. The van der Waals surface area contributed by atoms with Crippen molar-refractivity contribution in [3.63, 3.8) is 0 Å². The zero-order valence-corrected chi connectivity index (χ0v) is 12.7. The molecular weight excluding hydrogens is 319 g/mol. The van der Waals surface area contributed by atoms with E-state index in [1.807, 2.05) is 6.07 Å². The Hall–Kier alpha value is -1.30. The molecular formula is C13H12Cl2N2O2S. The van der Waals surface area contributed by atoms with E-state index in [0.717, 1.165) is 12.0 Å². The number of nitrogens with zero attached hydrogens (tertiary/aromatic N) is 1. The van der Waals surface area contributed by atoms with Crippen LogP contribution in [0.4, 0.5) is 5.13 Å². The smallest absolute Gasteiger partial charge is 0.309 e. The Morgan fingerprint density at radius 3 is 2.90 bits per heavy atom. The number of hydrogen-bond donors (Lipinski definition) is 2. The van der Waals surface area contributed by atoms with Gasteiger partial charge >= 0.3 is 5.97 Å². The number of halogens is 2. The molecule has 1 aromatic carbocycles. The molecule has 1 aromatic heterocycles. The fourth-order valence-corrected chi connectivity index (χ4v) is 2.89. The molecule has 20 heavy (non-hydrogen) atoms. The van der Waals surface area contributed by atoms with Gasteiger partial charge in [-0.25, -0.2) is 4.98 Å². The highest BCUT2D eigenvalue weighted by molar-refractivity contribution is 7.13. The standard InChI is InChI=1S/C13H12Cl2N2O2S/c14-9-2-1-8(11(15)5-9)3-4-16-13-17-10(7-20-13)6-12(18)19/h1-2,5,7H,3-4,6H2,(H,16,17)(H,18,19). The summed E-state index contributed by atoms with van der Waals surface area (Å²) in [5, 5.41) is 15.5. The van der Waals surface area contributed by atoms with Crippen LogP contribution in [0, 0.1) is 0 Å². The molecule has 7 heteroatoms. The van der Waals surface area contributed by atoms with Crippen molar-refractivity contribution >= 4 is 45.6 Å². The van der Waals surface area contributed by atoms with E-state index in [0.29, 0.717) is 27.4 Å². The summed E-state index contributed by atoms with van der Waals surface area (Å²) in [5.41, 5.74) is 1.57. The third-order valence-corrected chi connectivity index (χ3v) is 4.01. The fraction of sp³-hybridized carbons (Fsp3) is 0.231. The van der Waals surface area contributed by atoms with Crippen molar-refractivity contribution in [2.45, 2.75) is 12.8 Å². The molecule has 106 valence electrons. The second-order valence-corrected chi connectivity index (χ2v) is 5.83. The van der Waals surface area contributed by atoms with Gasteiger partial charge in [0.25, 0.3) is 0 Å².